The Kier molecular flexibility index (Phi) is 9.00. The average molecular weight is 614 g/mol. The first-order chi connectivity index (χ1) is 19.7. The van der Waals surface area contributed by atoms with Gasteiger partial charge in [0.2, 0.25) is 0 Å². The Bertz CT molecular complexity index is 1600. The molecule has 0 atom stereocenters. The van der Waals surface area contributed by atoms with Crippen LogP contribution < -0.4 is 4.74 Å². The fourth-order valence-electron chi connectivity index (χ4n) is 5.61. The van der Waals surface area contributed by atoms with Crippen molar-refractivity contribution in [3.63, 3.8) is 0 Å². The summed E-state index contributed by atoms with van der Waals surface area (Å²) in [4.78, 5) is 28.4. The van der Waals surface area contributed by atoms with E-state index in [1.54, 1.807) is 36.7 Å². The Morgan fingerprint density at radius 3 is 2.34 bits per heavy atom. The Hall–Kier alpha value is -2.97. The molecule has 1 aromatic heterocycles. The van der Waals surface area contributed by atoms with E-state index in [-0.39, 0.29) is 40.7 Å². The summed E-state index contributed by atoms with van der Waals surface area (Å²) in [6, 6.07) is 18.2. The van der Waals surface area contributed by atoms with E-state index in [1.165, 1.54) is 17.4 Å². The monoisotopic (exact) mass is 612 g/mol. The first-order valence-corrected chi connectivity index (χ1v) is 15.1. The van der Waals surface area contributed by atoms with E-state index in [4.69, 9.17) is 28.1 Å². The maximum absolute atomic E-state index is 14.7. The molecule has 41 heavy (non-hydrogen) atoms. The third kappa shape index (κ3) is 6.14. The van der Waals surface area contributed by atoms with Crippen LogP contribution in [-0.4, -0.2) is 47.3 Å². The number of fused-ring (bicyclic) bond motifs is 1. The number of benzene rings is 3. The Morgan fingerprint density at radius 2 is 1.68 bits per heavy atom. The second-order valence-corrected chi connectivity index (χ2v) is 12.4. The molecule has 0 aliphatic heterocycles. The summed E-state index contributed by atoms with van der Waals surface area (Å²) in [7, 11) is 3.46. The van der Waals surface area contributed by atoms with Crippen LogP contribution in [0.25, 0.3) is 21.2 Å². The number of ketones is 1. The van der Waals surface area contributed by atoms with Gasteiger partial charge in [0.15, 0.2) is 5.78 Å². The van der Waals surface area contributed by atoms with E-state index in [2.05, 4.69) is 0 Å². The fourth-order valence-corrected chi connectivity index (χ4v) is 7.32. The fraction of sp³-hybridized carbons (Fsp3) is 0.312. The number of rotatable bonds is 8. The summed E-state index contributed by atoms with van der Waals surface area (Å²) in [5.74, 6) is -0.0318. The lowest BCUT2D eigenvalue weighted by Crippen LogP contribution is -2.44. The van der Waals surface area contributed by atoms with Gasteiger partial charge in [0.25, 0.3) is 5.91 Å². The van der Waals surface area contributed by atoms with Crippen molar-refractivity contribution in [3.8, 4) is 16.9 Å². The zero-order valence-corrected chi connectivity index (χ0v) is 25.5. The molecular formula is C32H31Cl2FN2O3S. The van der Waals surface area contributed by atoms with E-state index < -0.39 is 5.82 Å². The predicted molar refractivity (Wildman–Crippen MR) is 165 cm³/mol. The number of ether oxygens (including phenoxy) is 1. The van der Waals surface area contributed by atoms with Crippen LogP contribution in [-0.2, 0) is 6.54 Å². The molecule has 0 radical (unpaired) electrons. The molecule has 1 aliphatic carbocycles. The lowest BCUT2D eigenvalue weighted by Gasteiger charge is -2.38. The van der Waals surface area contributed by atoms with E-state index >= 15 is 0 Å². The van der Waals surface area contributed by atoms with Crippen LogP contribution in [0.15, 0.2) is 60.7 Å². The molecule has 9 heteroatoms. The molecule has 1 saturated carbocycles. The maximum Gasteiger partial charge on any atom is 0.266 e. The standard InChI is InChI=1S/C32H31Cl2FN2O3S/c1-19(38)20-6-4-7-21(16-20)22-10-15-27(40-3)23(17-22)18-37(25-13-11-24(12-14-25)36(2)34)32(39)31-30(33)29-26(35)8-5-9-28(29)41-31/h4-10,15-17,24-25H,11-14,18H2,1-3H3. The van der Waals surface area contributed by atoms with Gasteiger partial charge in [-0.3, -0.25) is 9.59 Å². The number of nitrogens with zero attached hydrogens (tertiary/aromatic N) is 2. The minimum atomic E-state index is -0.442. The Balaban J connectivity index is 1.54. The minimum absolute atomic E-state index is 0.00722. The summed E-state index contributed by atoms with van der Waals surface area (Å²) in [5, 5.41) is 0.425. The van der Waals surface area contributed by atoms with Gasteiger partial charge in [-0.05, 0) is 85.8 Å². The molecule has 1 aliphatic rings. The number of thiophene rings is 1. The molecule has 5 nitrogen and oxygen atoms in total. The maximum atomic E-state index is 14.7. The van der Waals surface area contributed by atoms with Crippen LogP contribution in [0.5, 0.6) is 5.75 Å². The second-order valence-electron chi connectivity index (χ2n) is 10.4. The van der Waals surface area contributed by atoms with Crippen molar-refractivity contribution in [3.05, 3.63) is 87.5 Å². The molecule has 214 valence electrons. The molecule has 5 rings (SSSR count). The number of Topliss-reactive ketones (excluding diaryl/α,β-unsaturated/α-hetero) is 1. The molecule has 4 aromatic rings. The van der Waals surface area contributed by atoms with Crippen molar-refractivity contribution in [1.82, 2.24) is 9.32 Å². The smallest absolute Gasteiger partial charge is 0.266 e. The molecule has 0 N–H and O–H groups in total. The summed E-state index contributed by atoms with van der Waals surface area (Å²) >= 11 is 14.1. The van der Waals surface area contributed by atoms with Crippen LogP contribution in [0.1, 0.15) is 58.2 Å². The normalized spacial score (nSPS) is 17.1. The quantitative estimate of drug-likeness (QED) is 0.148. The molecule has 0 spiro atoms. The number of hydrogen-bond acceptors (Lipinski definition) is 5. The molecule has 1 fully saturated rings. The number of methoxy groups -OCH3 is 1. The van der Waals surface area contributed by atoms with Crippen LogP contribution in [0, 0.1) is 5.82 Å². The number of hydrogen-bond donors (Lipinski definition) is 0. The SMILES string of the molecule is COc1ccc(-c2cccc(C(C)=O)c2)cc1CN(C(=O)c1sc2cccc(F)c2c1Cl)C1CCC(N(C)Cl)CC1. The molecule has 0 bridgehead atoms. The zero-order valence-electron chi connectivity index (χ0n) is 23.1. The Morgan fingerprint density at radius 1 is 1.00 bits per heavy atom. The molecule has 1 amide bonds. The molecule has 0 saturated heterocycles. The molecule has 3 aromatic carbocycles. The number of carbonyl (C=O) groups is 2. The highest BCUT2D eigenvalue weighted by Crippen LogP contribution is 2.40. The summed E-state index contributed by atoms with van der Waals surface area (Å²) in [5.41, 5.74) is 3.26. The topological polar surface area (TPSA) is 49.9 Å². The van der Waals surface area contributed by atoms with Gasteiger partial charge in [0.1, 0.15) is 16.4 Å². The van der Waals surface area contributed by atoms with Crippen LogP contribution in [0.4, 0.5) is 4.39 Å². The largest absolute Gasteiger partial charge is 0.496 e. The van der Waals surface area contributed by atoms with Gasteiger partial charge in [-0.1, -0.05) is 41.9 Å². The lowest BCUT2D eigenvalue weighted by molar-refractivity contribution is 0.0589. The van der Waals surface area contributed by atoms with Crippen molar-refractivity contribution in [2.75, 3.05) is 14.2 Å². The van der Waals surface area contributed by atoms with E-state index in [1.807, 2.05) is 48.3 Å². The van der Waals surface area contributed by atoms with Crippen molar-refractivity contribution in [2.24, 2.45) is 0 Å². The zero-order chi connectivity index (χ0) is 29.3. The summed E-state index contributed by atoms with van der Waals surface area (Å²) in [6.07, 6.45) is 3.23. The van der Waals surface area contributed by atoms with Gasteiger partial charge in [-0.2, -0.15) is 0 Å². The van der Waals surface area contributed by atoms with E-state index in [9.17, 15) is 14.0 Å². The lowest BCUT2D eigenvalue weighted by atomic mass is 9.89. The first kappa shape index (κ1) is 29.5. The minimum Gasteiger partial charge on any atom is -0.496 e. The van der Waals surface area contributed by atoms with Crippen molar-refractivity contribution in [1.29, 1.82) is 0 Å². The molecular weight excluding hydrogens is 582 g/mol. The van der Waals surface area contributed by atoms with Crippen molar-refractivity contribution < 1.29 is 18.7 Å². The summed E-state index contributed by atoms with van der Waals surface area (Å²) in [6.45, 7) is 1.82. The van der Waals surface area contributed by atoms with Crippen LogP contribution in [0.2, 0.25) is 5.02 Å². The molecule has 0 unspecified atom stereocenters. The van der Waals surface area contributed by atoms with Gasteiger partial charge < -0.3 is 9.64 Å². The van der Waals surface area contributed by atoms with Crippen LogP contribution >= 0.6 is 34.7 Å². The van der Waals surface area contributed by atoms with Gasteiger partial charge >= 0.3 is 0 Å². The number of amides is 1. The molecule has 1 heterocycles. The first-order valence-electron chi connectivity index (χ1n) is 13.5. The van der Waals surface area contributed by atoms with E-state index in [0.717, 1.165) is 42.4 Å². The van der Waals surface area contributed by atoms with Gasteiger partial charge in [-0.25, -0.2) is 8.81 Å². The van der Waals surface area contributed by atoms with E-state index in [0.29, 0.717) is 20.9 Å². The van der Waals surface area contributed by atoms with Gasteiger partial charge in [-0.15, -0.1) is 11.3 Å². The van der Waals surface area contributed by atoms with Crippen LogP contribution in [0.3, 0.4) is 0 Å². The van der Waals surface area contributed by atoms with Gasteiger partial charge in [0, 0.05) is 46.9 Å². The highest BCUT2D eigenvalue weighted by Gasteiger charge is 2.33. The van der Waals surface area contributed by atoms with Crippen molar-refractivity contribution >= 4 is 56.5 Å². The van der Waals surface area contributed by atoms with Gasteiger partial charge in [0.05, 0.1) is 12.1 Å². The Labute approximate surface area is 253 Å². The number of carbonyl (C=O) groups excluding carboxylic acids is 2. The predicted octanol–water partition coefficient (Wildman–Crippen LogP) is 8.61. The average Bonchev–Trinajstić information content (AvgIpc) is 3.32. The third-order valence-corrected chi connectivity index (χ3v) is 9.80. The third-order valence-electron chi connectivity index (χ3n) is 7.90. The highest BCUT2D eigenvalue weighted by atomic mass is 35.5. The second kappa shape index (κ2) is 12.5. The number of halogens is 3. The van der Waals surface area contributed by atoms with Crippen molar-refractivity contribution in [2.45, 2.75) is 51.2 Å². The highest BCUT2D eigenvalue weighted by molar-refractivity contribution is 7.21. The summed E-state index contributed by atoms with van der Waals surface area (Å²) < 4.78 is 22.7.